The van der Waals surface area contributed by atoms with Gasteiger partial charge in [-0.05, 0) is 44.4 Å². The van der Waals surface area contributed by atoms with Crippen LogP contribution in [0.15, 0.2) is 12.1 Å². The molecule has 0 N–H and O–H groups in total. The Morgan fingerprint density at radius 3 is 2.75 bits per heavy atom. The highest BCUT2D eigenvalue weighted by Gasteiger charge is 2.34. The van der Waals surface area contributed by atoms with Gasteiger partial charge in [0.25, 0.3) is 0 Å². The third-order valence-electron chi connectivity index (χ3n) is 5.22. The lowest BCUT2D eigenvalue weighted by Gasteiger charge is -2.39. The molecule has 1 heterocycles. The van der Waals surface area contributed by atoms with E-state index in [1.807, 2.05) is 0 Å². The topological polar surface area (TPSA) is 38.8 Å². The van der Waals surface area contributed by atoms with Gasteiger partial charge in [0.05, 0.1) is 12.7 Å². The van der Waals surface area contributed by atoms with Gasteiger partial charge in [-0.15, -0.1) is 0 Å². The number of rotatable bonds is 5. The molecule has 0 unspecified atom stereocenters. The molecule has 0 bridgehead atoms. The van der Waals surface area contributed by atoms with E-state index in [1.54, 1.807) is 0 Å². The Kier molecular flexibility index (Phi) is 5.39. The van der Waals surface area contributed by atoms with Crippen molar-refractivity contribution in [1.29, 1.82) is 0 Å². The molecule has 1 saturated carbocycles. The molecule has 3 rings (SSSR count). The number of hydrogen-bond acceptors (Lipinski definition) is 4. The fourth-order valence-electron chi connectivity index (χ4n) is 4.10. The van der Waals surface area contributed by atoms with Gasteiger partial charge >= 0.3 is 5.97 Å². The van der Waals surface area contributed by atoms with Gasteiger partial charge in [-0.1, -0.05) is 19.8 Å². The van der Waals surface area contributed by atoms with Crippen molar-refractivity contribution in [1.82, 2.24) is 4.90 Å². The highest BCUT2D eigenvalue weighted by Crippen LogP contribution is 2.35. The van der Waals surface area contributed by atoms with E-state index in [0.29, 0.717) is 30.2 Å². The molecule has 0 amide bonds. The first-order valence-corrected chi connectivity index (χ1v) is 8.94. The molecule has 1 aliphatic heterocycles. The van der Waals surface area contributed by atoms with Crippen molar-refractivity contribution in [3.05, 3.63) is 29.1 Å². The van der Waals surface area contributed by atoms with Crippen LogP contribution in [0.1, 0.15) is 54.9 Å². The third kappa shape index (κ3) is 3.27. The van der Waals surface area contributed by atoms with Gasteiger partial charge in [0.2, 0.25) is 0 Å². The number of esters is 1. The van der Waals surface area contributed by atoms with Crippen molar-refractivity contribution in [3.8, 4) is 5.75 Å². The van der Waals surface area contributed by atoms with Gasteiger partial charge in [0.1, 0.15) is 6.61 Å². The van der Waals surface area contributed by atoms with Gasteiger partial charge in [-0.25, -0.2) is 9.18 Å². The molecule has 0 saturated heterocycles. The van der Waals surface area contributed by atoms with Crippen molar-refractivity contribution in [2.45, 2.75) is 57.5 Å². The van der Waals surface area contributed by atoms with Gasteiger partial charge in [0, 0.05) is 17.6 Å². The Hall–Kier alpha value is -1.62. The zero-order valence-corrected chi connectivity index (χ0v) is 14.5. The van der Waals surface area contributed by atoms with Crippen LogP contribution in [0.25, 0.3) is 0 Å². The summed E-state index contributed by atoms with van der Waals surface area (Å²) in [6.45, 7) is 3.67. The van der Waals surface area contributed by atoms with E-state index in [9.17, 15) is 9.18 Å². The molecule has 2 aliphatic rings. The van der Waals surface area contributed by atoms with Crippen LogP contribution in [0, 0.1) is 5.82 Å². The minimum atomic E-state index is -0.432. The number of carbonyl (C=O) groups is 1. The second-order valence-electron chi connectivity index (χ2n) is 6.74. The van der Waals surface area contributed by atoms with E-state index in [1.165, 1.54) is 44.9 Å². The quantitative estimate of drug-likeness (QED) is 0.771. The largest absolute Gasteiger partial charge is 0.489 e. The van der Waals surface area contributed by atoms with Gasteiger partial charge in [-0.2, -0.15) is 0 Å². The Bertz CT molecular complexity index is 599. The SMILES string of the molecule is CCCN(C1CCCC1)[C@H]1COc2c(F)ccc(C(=O)OC)c2C1. The minimum absolute atomic E-state index is 0.186. The molecular weight excluding hydrogens is 309 g/mol. The molecule has 0 aromatic heterocycles. The number of fused-ring (bicyclic) bond motifs is 1. The van der Waals surface area contributed by atoms with E-state index in [2.05, 4.69) is 11.8 Å². The molecule has 1 aromatic rings. The molecule has 24 heavy (non-hydrogen) atoms. The Morgan fingerprint density at radius 2 is 2.08 bits per heavy atom. The zero-order valence-electron chi connectivity index (χ0n) is 14.5. The number of hydrogen-bond donors (Lipinski definition) is 0. The minimum Gasteiger partial charge on any atom is -0.489 e. The lowest BCUT2D eigenvalue weighted by molar-refractivity contribution is 0.0586. The standard InChI is InChI=1S/C19H26FNO3/c1-3-10-21(13-6-4-5-7-13)14-11-16-15(19(22)23-2)8-9-17(20)18(16)24-12-14/h8-9,13-14H,3-7,10-12H2,1-2H3/t14-/m1/s1. The maximum Gasteiger partial charge on any atom is 0.338 e. The summed E-state index contributed by atoms with van der Waals surface area (Å²) in [5.74, 6) is -0.616. The maximum absolute atomic E-state index is 14.1. The number of halogens is 1. The Balaban J connectivity index is 1.88. The monoisotopic (exact) mass is 335 g/mol. The summed E-state index contributed by atoms with van der Waals surface area (Å²) in [4.78, 5) is 14.6. The van der Waals surface area contributed by atoms with Crippen LogP contribution >= 0.6 is 0 Å². The smallest absolute Gasteiger partial charge is 0.338 e. The first-order chi connectivity index (χ1) is 11.7. The highest BCUT2D eigenvalue weighted by molar-refractivity contribution is 5.92. The molecule has 0 radical (unpaired) electrons. The second kappa shape index (κ2) is 7.51. The van der Waals surface area contributed by atoms with Crippen molar-refractivity contribution in [3.63, 3.8) is 0 Å². The summed E-state index contributed by atoms with van der Waals surface area (Å²) < 4.78 is 24.7. The van der Waals surface area contributed by atoms with E-state index in [0.717, 1.165) is 13.0 Å². The van der Waals surface area contributed by atoms with Crippen molar-refractivity contribution in [2.24, 2.45) is 0 Å². The van der Waals surface area contributed by atoms with Crippen LogP contribution in [0.4, 0.5) is 4.39 Å². The maximum atomic E-state index is 14.1. The zero-order chi connectivity index (χ0) is 17.1. The van der Waals surface area contributed by atoms with Crippen LogP contribution in [0.5, 0.6) is 5.75 Å². The number of benzene rings is 1. The average Bonchev–Trinajstić information content (AvgIpc) is 3.13. The highest BCUT2D eigenvalue weighted by atomic mass is 19.1. The molecule has 1 fully saturated rings. The van der Waals surface area contributed by atoms with Crippen molar-refractivity contribution >= 4 is 5.97 Å². The summed E-state index contributed by atoms with van der Waals surface area (Å²) in [7, 11) is 1.35. The molecular formula is C19H26FNO3. The summed E-state index contributed by atoms with van der Waals surface area (Å²) >= 11 is 0. The van der Waals surface area contributed by atoms with E-state index < -0.39 is 11.8 Å². The first kappa shape index (κ1) is 17.2. The van der Waals surface area contributed by atoms with Crippen LogP contribution in [-0.4, -0.2) is 43.2 Å². The molecule has 132 valence electrons. The van der Waals surface area contributed by atoms with E-state index >= 15 is 0 Å². The fourth-order valence-corrected chi connectivity index (χ4v) is 4.10. The number of methoxy groups -OCH3 is 1. The van der Waals surface area contributed by atoms with E-state index in [-0.39, 0.29) is 11.8 Å². The van der Waals surface area contributed by atoms with E-state index in [4.69, 9.17) is 9.47 Å². The van der Waals surface area contributed by atoms with Crippen LogP contribution in [0.2, 0.25) is 0 Å². The number of nitrogens with zero attached hydrogens (tertiary/aromatic N) is 1. The summed E-state index contributed by atoms with van der Waals surface area (Å²) in [5.41, 5.74) is 1.07. The summed E-state index contributed by atoms with van der Waals surface area (Å²) in [5, 5.41) is 0. The number of ether oxygens (including phenoxy) is 2. The van der Waals surface area contributed by atoms with Crippen molar-refractivity contribution < 1.29 is 18.7 Å². The fraction of sp³-hybridized carbons (Fsp3) is 0.632. The molecule has 1 aliphatic carbocycles. The predicted octanol–water partition coefficient (Wildman–Crippen LogP) is 3.57. The lowest BCUT2D eigenvalue weighted by atomic mass is 9.94. The summed E-state index contributed by atoms with van der Waals surface area (Å²) in [6, 6.07) is 3.55. The average molecular weight is 335 g/mol. The molecule has 1 aromatic carbocycles. The second-order valence-corrected chi connectivity index (χ2v) is 6.74. The molecule has 4 nitrogen and oxygen atoms in total. The van der Waals surface area contributed by atoms with Crippen LogP contribution in [-0.2, 0) is 11.2 Å². The van der Waals surface area contributed by atoms with Gasteiger partial charge in [0.15, 0.2) is 11.6 Å². The van der Waals surface area contributed by atoms with Gasteiger partial charge < -0.3 is 9.47 Å². The Morgan fingerprint density at radius 1 is 1.33 bits per heavy atom. The third-order valence-corrected chi connectivity index (χ3v) is 5.22. The van der Waals surface area contributed by atoms with Crippen molar-refractivity contribution in [2.75, 3.05) is 20.3 Å². The lowest BCUT2D eigenvalue weighted by Crippen LogP contribution is -2.48. The first-order valence-electron chi connectivity index (χ1n) is 8.94. The molecule has 5 heteroatoms. The van der Waals surface area contributed by atoms with Crippen LogP contribution < -0.4 is 4.74 Å². The predicted molar refractivity (Wildman–Crippen MR) is 90.0 cm³/mol. The number of carbonyl (C=O) groups excluding carboxylic acids is 1. The van der Waals surface area contributed by atoms with Crippen LogP contribution in [0.3, 0.4) is 0 Å². The molecule has 0 spiro atoms. The normalized spacial score (nSPS) is 20.8. The van der Waals surface area contributed by atoms with Gasteiger partial charge in [-0.3, -0.25) is 4.90 Å². The molecule has 1 atom stereocenters. The summed E-state index contributed by atoms with van der Waals surface area (Å²) in [6.07, 6.45) is 6.70. The Labute approximate surface area is 142 Å².